The first-order chi connectivity index (χ1) is 7.50. The average Bonchev–Trinajstić information content (AvgIpc) is 2.60. The van der Waals surface area contributed by atoms with Crippen LogP contribution >= 0.6 is 0 Å². The van der Waals surface area contributed by atoms with Crippen molar-refractivity contribution >= 4 is 11.4 Å². The van der Waals surface area contributed by atoms with Crippen molar-refractivity contribution in [1.82, 2.24) is 14.5 Å². The molecule has 0 unspecified atom stereocenters. The van der Waals surface area contributed by atoms with Gasteiger partial charge in [-0.3, -0.25) is 4.79 Å². The van der Waals surface area contributed by atoms with E-state index in [1.54, 1.807) is 29.7 Å². The number of hydrogen-bond donors (Lipinski definition) is 0. The highest BCUT2D eigenvalue weighted by molar-refractivity contribution is 6.00. The van der Waals surface area contributed by atoms with Crippen molar-refractivity contribution in [3.63, 3.8) is 0 Å². The molecule has 2 aromatic heterocycles. The average molecular weight is 217 g/mol. The molecule has 0 bridgehead atoms. The molecule has 16 heavy (non-hydrogen) atoms. The van der Waals surface area contributed by atoms with E-state index < -0.39 is 0 Å². The molecule has 0 saturated heterocycles. The van der Waals surface area contributed by atoms with Gasteiger partial charge in [0, 0.05) is 19.8 Å². The molecule has 0 N–H and O–H groups in total. The van der Waals surface area contributed by atoms with E-state index in [0.717, 1.165) is 16.8 Å². The molecular formula is C12H15N3O. The van der Waals surface area contributed by atoms with Gasteiger partial charge in [-0.1, -0.05) is 0 Å². The highest BCUT2D eigenvalue weighted by atomic mass is 16.2. The summed E-state index contributed by atoms with van der Waals surface area (Å²) >= 11 is 0. The van der Waals surface area contributed by atoms with Crippen LogP contribution in [0.4, 0.5) is 0 Å². The lowest BCUT2D eigenvalue weighted by molar-refractivity contribution is 0.0829. The van der Waals surface area contributed by atoms with Crippen LogP contribution in [0, 0.1) is 13.8 Å². The SMILES string of the molecule is Cc1cc(C)n2ncc(C(=O)N(C)C)c2c1. The summed E-state index contributed by atoms with van der Waals surface area (Å²) in [5, 5.41) is 4.23. The van der Waals surface area contributed by atoms with Crippen LogP contribution in [0.15, 0.2) is 18.3 Å². The second kappa shape index (κ2) is 3.63. The summed E-state index contributed by atoms with van der Waals surface area (Å²) < 4.78 is 1.80. The lowest BCUT2D eigenvalue weighted by Crippen LogP contribution is -2.21. The maximum atomic E-state index is 11.9. The minimum Gasteiger partial charge on any atom is -0.345 e. The van der Waals surface area contributed by atoms with E-state index >= 15 is 0 Å². The first-order valence-electron chi connectivity index (χ1n) is 5.17. The van der Waals surface area contributed by atoms with Crippen molar-refractivity contribution in [3.8, 4) is 0 Å². The van der Waals surface area contributed by atoms with Crippen molar-refractivity contribution in [3.05, 3.63) is 35.2 Å². The van der Waals surface area contributed by atoms with Gasteiger partial charge in [-0.05, 0) is 31.5 Å². The van der Waals surface area contributed by atoms with Gasteiger partial charge in [0.05, 0.1) is 17.3 Å². The van der Waals surface area contributed by atoms with Gasteiger partial charge in [-0.2, -0.15) is 5.10 Å². The molecule has 0 aliphatic carbocycles. The molecule has 0 spiro atoms. The summed E-state index contributed by atoms with van der Waals surface area (Å²) in [5.41, 5.74) is 3.69. The van der Waals surface area contributed by atoms with Crippen LogP contribution in [0.3, 0.4) is 0 Å². The molecule has 0 aliphatic heterocycles. The van der Waals surface area contributed by atoms with E-state index in [1.165, 1.54) is 0 Å². The van der Waals surface area contributed by atoms with Gasteiger partial charge >= 0.3 is 0 Å². The molecule has 0 aliphatic rings. The Morgan fingerprint density at radius 2 is 2.00 bits per heavy atom. The van der Waals surface area contributed by atoms with Crippen molar-refractivity contribution in [1.29, 1.82) is 0 Å². The Bertz CT molecular complexity index is 555. The van der Waals surface area contributed by atoms with E-state index in [1.807, 2.05) is 26.0 Å². The van der Waals surface area contributed by atoms with Crippen LogP contribution in [0.5, 0.6) is 0 Å². The monoisotopic (exact) mass is 217 g/mol. The van der Waals surface area contributed by atoms with Gasteiger partial charge < -0.3 is 4.90 Å². The van der Waals surface area contributed by atoms with Crippen LogP contribution in [-0.4, -0.2) is 34.5 Å². The Kier molecular flexibility index (Phi) is 2.42. The van der Waals surface area contributed by atoms with Crippen LogP contribution in [-0.2, 0) is 0 Å². The highest BCUT2D eigenvalue weighted by Crippen LogP contribution is 2.16. The fourth-order valence-electron chi connectivity index (χ4n) is 1.83. The van der Waals surface area contributed by atoms with Crippen LogP contribution < -0.4 is 0 Å². The molecular weight excluding hydrogens is 202 g/mol. The highest BCUT2D eigenvalue weighted by Gasteiger charge is 2.15. The number of carbonyl (C=O) groups is 1. The van der Waals surface area contributed by atoms with Crippen molar-refractivity contribution in [2.24, 2.45) is 0 Å². The number of fused-ring (bicyclic) bond motifs is 1. The first kappa shape index (κ1) is 10.7. The maximum Gasteiger partial charge on any atom is 0.257 e. The quantitative estimate of drug-likeness (QED) is 0.728. The van der Waals surface area contributed by atoms with E-state index in [9.17, 15) is 4.79 Å². The van der Waals surface area contributed by atoms with Crippen molar-refractivity contribution in [2.75, 3.05) is 14.1 Å². The van der Waals surface area contributed by atoms with Crippen molar-refractivity contribution < 1.29 is 4.79 Å². The third-order valence-corrected chi connectivity index (χ3v) is 2.58. The molecule has 4 heteroatoms. The summed E-state index contributed by atoms with van der Waals surface area (Å²) in [5.74, 6) is -0.0139. The molecule has 2 rings (SSSR count). The number of rotatable bonds is 1. The molecule has 2 aromatic rings. The van der Waals surface area contributed by atoms with Gasteiger partial charge in [0.2, 0.25) is 0 Å². The minimum absolute atomic E-state index is 0.0139. The molecule has 1 amide bonds. The number of hydrogen-bond acceptors (Lipinski definition) is 2. The number of aromatic nitrogens is 2. The van der Waals surface area contributed by atoms with E-state index in [0.29, 0.717) is 5.56 Å². The largest absolute Gasteiger partial charge is 0.345 e. The Balaban J connectivity index is 2.69. The van der Waals surface area contributed by atoms with Gasteiger partial charge in [-0.25, -0.2) is 4.52 Å². The smallest absolute Gasteiger partial charge is 0.257 e. The third kappa shape index (κ3) is 1.56. The first-order valence-corrected chi connectivity index (χ1v) is 5.17. The zero-order valence-electron chi connectivity index (χ0n) is 9.98. The van der Waals surface area contributed by atoms with Crippen LogP contribution in [0.2, 0.25) is 0 Å². The third-order valence-electron chi connectivity index (χ3n) is 2.58. The summed E-state index contributed by atoms with van der Waals surface area (Å²) in [6, 6.07) is 4.03. The van der Waals surface area contributed by atoms with Crippen LogP contribution in [0.1, 0.15) is 21.6 Å². The molecule has 0 aromatic carbocycles. The normalized spacial score (nSPS) is 10.8. The number of amides is 1. The van der Waals surface area contributed by atoms with Gasteiger partial charge in [0.1, 0.15) is 0 Å². The molecule has 0 radical (unpaired) electrons. The van der Waals surface area contributed by atoms with Gasteiger partial charge in [-0.15, -0.1) is 0 Å². The Hall–Kier alpha value is -1.84. The fourth-order valence-corrected chi connectivity index (χ4v) is 1.83. The predicted molar refractivity (Wildman–Crippen MR) is 62.7 cm³/mol. The maximum absolute atomic E-state index is 11.9. The zero-order valence-corrected chi connectivity index (χ0v) is 9.98. The predicted octanol–water partition coefficient (Wildman–Crippen LogP) is 1.65. The molecule has 84 valence electrons. The summed E-state index contributed by atoms with van der Waals surface area (Å²) in [7, 11) is 3.49. The summed E-state index contributed by atoms with van der Waals surface area (Å²) in [6.45, 7) is 4.00. The Labute approximate surface area is 94.5 Å². The van der Waals surface area contributed by atoms with Gasteiger partial charge in [0.25, 0.3) is 5.91 Å². The molecule has 0 fully saturated rings. The standard InChI is InChI=1S/C12H15N3O/c1-8-5-9(2)15-11(6-8)10(7-13-15)12(16)14(3)4/h5-7H,1-4H3. The topological polar surface area (TPSA) is 37.6 Å². The molecule has 0 atom stereocenters. The van der Waals surface area contributed by atoms with Crippen molar-refractivity contribution in [2.45, 2.75) is 13.8 Å². The summed E-state index contributed by atoms with van der Waals surface area (Å²) in [4.78, 5) is 13.5. The number of pyridine rings is 1. The van der Waals surface area contributed by atoms with E-state index in [-0.39, 0.29) is 5.91 Å². The van der Waals surface area contributed by atoms with E-state index in [4.69, 9.17) is 0 Å². The number of aryl methyl sites for hydroxylation is 2. The lowest BCUT2D eigenvalue weighted by Gasteiger charge is -2.09. The number of carbonyl (C=O) groups excluding carboxylic acids is 1. The second-order valence-electron chi connectivity index (χ2n) is 4.23. The van der Waals surface area contributed by atoms with E-state index in [2.05, 4.69) is 5.10 Å². The zero-order chi connectivity index (χ0) is 11.9. The summed E-state index contributed by atoms with van der Waals surface area (Å²) in [6.07, 6.45) is 1.63. The van der Waals surface area contributed by atoms with Crippen LogP contribution in [0.25, 0.3) is 5.52 Å². The fraction of sp³-hybridized carbons (Fsp3) is 0.333. The Morgan fingerprint density at radius 3 is 2.62 bits per heavy atom. The molecule has 4 nitrogen and oxygen atoms in total. The second-order valence-corrected chi connectivity index (χ2v) is 4.23. The van der Waals surface area contributed by atoms with Gasteiger partial charge in [0.15, 0.2) is 0 Å². The Morgan fingerprint density at radius 1 is 1.31 bits per heavy atom. The lowest BCUT2D eigenvalue weighted by atomic mass is 10.2. The molecule has 0 saturated carbocycles. The molecule has 2 heterocycles. The number of nitrogens with zero attached hydrogens (tertiary/aromatic N) is 3. The minimum atomic E-state index is -0.0139.